The minimum Gasteiger partial charge on any atom is -0.489 e. The van der Waals surface area contributed by atoms with Crippen molar-refractivity contribution < 1.29 is 14.1 Å². The molecule has 1 atom stereocenters. The van der Waals surface area contributed by atoms with Crippen LogP contribution >= 0.6 is 0 Å². The third-order valence-electron chi connectivity index (χ3n) is 4.28. The second-order valence-corrected chi connectivity index (χ2v) is 6.49. The molecule has 5 nitrogen and oxygen atoms in total. The molecule has 0 aliphatic carbocycles. The van der Waals surface area contributed by atoms with Gasteiger partial charge in [-0.15, -0.1) is 0 Å². The number of ether oxygens (including phenoxy) is 1. The lowest BCUT2D eigenvalue weighted by molar-refractivity contribution is 0.0937. The molecule has 1 amide bonds. The zero-order valence-electron chi connectivity index (χ0n) is 15.6. The van der Waals surface area contributed by atoms with E-state index in [1.165, 1.54) is 12.8 Å². The molecule has 136 valence electrons. The third-order valence-corrected chi connectivity index (χ3v) is 4.28. The van der Waals surface area contributed by atoms with Gasteiger partial charge < -0.3 is 14.6 Å². The van der Waals surface area contributed by atoms with Gasteiger partial charge in [-0.25, -0.2) is 0 Å². The number of aryl methyl sites for hydroxylation is 2. The van der Waals surface area contributed by atoms with Gasteiger partial charge in [-0.2, -0.15) is 0 Å². The van der Waals surface area contributed by atoms with Crippen LogP contribution in [0.5, 0.6) is 5.75 Å². The van der Waals surface area contributed by atoms with Crippen molar-refractivity contribution in [2.45, 2.75) is 66.0 Å². The van der Waals surface area contributed by atoms with Gasteiger partial charge in [-0.05, 0) is 45.4 Å². The predicted octanol–water partition coefficient (Wildman–Crippen LogP) is 4.57. The standard InChI is InChI=1S/C20H28N2O3/c1-5-6-7-9-14(2)21-20(23)17-10-8-11-18(12-17)24-13-19-15(3)22-25-16(19)4/h8,10-12,14H,5-7,9,13H2,1-4H3,(H,21,23). The number of nitrogens with one attached hydrogen (secondary N) is 1. The summed E-state index contributed by atoms with van der Waals surface area (Å²) in [7, 11) is 0. The highest BCUT2D eigenvalue weighted by Gasteiger charge is 2.12. The average Bonchev–Trinajstić information content (AvgIpc) is 2.91. The van der Waals surface area contributed by atoms with E-state index >= 15 is 0 Å². The topological polar surface area (TPSA) is 64.4 Å². The van der Waals surface area contributed by atoms with Gasteiger partial charge in [0.2, 0.25) is 0 Å². The maximum absolute atomic E-state index is 12.4. The molecule has 0 spiro atoms. The highest BCUT2D eigenvalue weighted by molar-refractivity contribution is 5.94. The van der Waals surface area contributed by atoms with Crippen molar-refractivity contribution >= 4 is 5.91 Å². The largest absolute Gasteiger partial charge is 0.489 e. The number of aromatic nitrogens is 1. The summed E-state index contributed by atoms with van der Waals surface area (Å²) in [4.78, 5) is 12.4. The molecule has 2 rings (SSSR count). The van der Waals surface area contributed by atoms with Crippen LogP contribution in [0.1, 0.15) is 66.9 Å². The summed E-state index contributed by atoms with van der Waals surface area (Å²) in [5.41, 5.74) is 2.38. The Kier molecular flexibility index (Phi) is 7.04. The Morgan fingerprint density at radius 3 is 2.80 bits per heavy atom. The monoisotopic (exact) mass is 344 g/mol. The molecular formula is C20H28N2O3. The Balaban J connectivity index is 1.92. The van der Waals surface area contributed by atoms with Gasteiger partial charge in [0.05, 0.1) is 11.3 Å². The lowest BCUT2D eigenvalue weighted by atomic mass is 10.1. The molecule has 1 unspecified atom stereocenters. The van der Waals surface area contributed by atoms with E-state index in [1.807, 2.05) is 32.9 Å². The van der Waals surface area contributed by atoms with Gasteiger partial charge in [0.1, 0.15) is 18.1 Å². The van der Waals surface area contributed by atoms with Crippen LogP contribution in [0.4, 0.5) is 0 Å². The zero-order chi connectivity index (χ0) is 18.2. The normalized spacial score (nSPS) is 12.0. The number of hydrogen-bond donors (Lipinski definition) is 1. The summed E-state index contributed by atoms with van der Waals surface area (Å²) < 4.78 is 10.9. The van der Waals surface area contributed by atoms with Crippen molar-refractivity contribution in [2.75, 3.05) is 0 Å². The number of rotatable bonds is 9. The molecule has 1 N–H and O–H groups in total. The summed E-state index contributed by atoms with van der Waals surface area (Å²) in [6.45, 7) is 8.35. The molecule has 1 aromatic carbocycles. The smallest absolute Gasteiger partial charge is 0.251 e. The first-order valence-corrected chi connectivity index (χ1v) is 8.96. The van der Waals surface area contributed by atoms with Gasteiger partial charge >= 0.3 is 0 Å². The highest BCUT2D eigenvalue weighted by atomic mass is 16.5. The van der Waals surface area contributed by atoms with Crippen molar-refractivity contribution in [1.82, 2.24) is 10.5 Å². The molecule has 0 bridgehead atoms. The summed E-state index contributed by atoms with van der Waals surface area (Å²) in [6, 6.07) is 7.42. The van der Waals surface area contributed by atoms with Crippen LogP contribution in [0, 0.1) is 13.8 Å². The predicted molar refractivity (Wildman–Crippen MR) is 97.8 cm³/mol. The van der Waals surface area contributed by atoms with E-state index in [0.717, 1.165) is 29.9 Å². The summed E-state index contributed by atoms with van der Waals surface area (Å²) in [6.07, 6.45) is 4.52. The van der Waals surface area contributed by atoms with Gasteiger partial charge in [-0.1, -0.05) is 37.4 Å². The Labute approximate surface area is 149 Å². The van der Waals surface area contributed by atoms with Crippen LogP contribution in [-0.2, 0) is 6.61 Å². The summed E-state index contributed by atoms with van der Waals surface area (Å²) in [5.74, 6) is 1.35. The Hall–Kier alpha value is -2.30. The van der Waals surface area contributed by atoms with E-state index in [2.05, 4.69) is 17.4 Å². The Morgan fingerprint density at radius 1 is 1.32 bits per heavy atom. The van der Waals surface area contributed by atoms with Crippen molar-refractivity contribution in [2.24, 2.45) is 0 Å². The van der Waals surface area contributed by atoms with Crippen LogP contribution < -0.4 is 10.1 Å². The van der Waals surface area contributed by atoms with E-state index in [1.54, 1.807) is 12.1 Å². The second kappa shape index (κ2) is 9.25. The van der Waals surface area contributed by atoms with Gasteiger partial charge in [-0.3, -0.25) is 4.79 Å². The molecule has 0 aliphatic rings. The minimum absolute atomic E-state index is 0.0632. The summed E-state index contributed by atoms with van der Waals surface area (Å²) >= 11 is 0. The molecule has 0 saturated heterocycles. The Bertz CT molecular complexity index is 674. The molecule has 1 heterocycles. The number of nitrogens with zero attached hydrogens (tertiary/aromatic N) is 1. The Morgan fingerprint density at radius 2 is 2.12 bits per heavy atom. The first kappa shape index (κ1) is 19.0. The first-order chi connectivity index (χ1) is 12.0. The number of amides is 1. The molecular weight excluding hydrogens is 316 g/mol. The van der Waals surface area contributed by atoms with E-state index in [9.17, 15) is 4.79 Å². The SMILES string of the molecule is CCCCCC(C)NC(=O)c1cccc(OCc2c(C)noc2C)c1. The minimum atomic E-state index is -0.0632. The maximum Gasteiger partial charge on any atom is 0.251 e. The van der Waals surface area contributed by atoms with Crippen molar-refractivity contribution in [3.8, 4) is 5.75 Å². The van der Waals surface area contributed by atoms with Crippen LogP contribution in [0.25, 0.3) is 0 Å². The van der Waals surface area contributed by atoms with Crippen LogP contribution in [0.2, 0.25) is 0 Å². The molecule has 1 aromatic heterocycles. The lowest BCUT2D eigenvalue weighted by Gasteiger charge is -2.14. The van der Waals surface area contributed by atoms with Crippen LogP contribution in [-0.4, -0.2) is 17.1 Å². The summed E-state index contributed by atoms with van der Waals surface area (Å²) in [5, 5.41) is 6.97. The molecule has 25 heavy (non-hydrogen) atoms. The fraction of sp³-hybridized carbons (Fsp3) is 0.500. The maximum atomic E-state index is 12.4. The van der Waals surface area contributed by atoms with Crippen LogP contribution in [0.3, 0.4) is 0 Å². The van der Waals surface area contributed by atoms with E-state index in [-0.39, 0.29) is 11.9 Å². The molecule has 0 aliphatic heterocycles. The fourth-order valence-corrected chi connectivity index (χ4v) is 2.67. The number of hydrogen-bond acceptors (Lipinski definition) is 4. The quantitative estimate of drug-likeness (QED) is 0.677. The first-order valence-electron chi connectivity index (χ1n) is 8.96. The van der Waals surface area contributed by atoms with E-state index in [0.29, 0.717) is 17.9 Å². The zero-order valence-corrected chi connectivity index (χ0v) is 15.6. The van der Waals surface area contributed by atoms with E-state index in [4.69, 9.17) is 9.26 Å². The molecule has 0 fully saturated rings. The van der Waals surface area contributed by atoms with Gasteiger partial charge in [0, 0.05) is 11.6 Å². The molecule has 0 radical (unpaired) electrons. The average molecular weight is 344 g/mol. The lowest BCUT2D eigenvalue weighted by Crippen LogP contribution is -2.32. The van der Waals surface area contributed by atoms with Crippen LogP contribution in [0.15, 0.2) is 28.8 Å². The molecule has 2 aromatic rings. The molecule has 5 heteroatoms. The number of carbonyl (C=O) groups excluding carboxylic acids is 1. The van der Waals surface area contributed by atoms with Crippen molar-refractivity contribution in [1.29, 1.82) is 0 Å². The number of carbonyl (C=O) groups is 1. The third kappa shape index (κ3) is 5.62. The fourth-order valence-electron chi connectivity index (χ4n) is 2.67. The van der Waals surface area contributed by atoms with Gasteiger partial charge in [0.25, 0.3) is 5.91 Å². The highest BCUT2D eigenvalue weighted by Crippen LogP contribution is 2.18. The second-order valence-electron chi connectivity index (χ2n) is 6.49. The number of benzene rings is 1. The van der Waals surface area contributed by atoms with Crippen molar-refractivity contribution in [3.05, 3.63) is 46.8 Å². The molecule has 0 saturated carbocycles. The number of unbranched alkanes of at least 4 members (excludes halogenated alkanes) is 2. The van der Waals surface area contributed by atoms with Crippen molar-refractivity contribution in [3.63, 3.8) is 0 Å². The van der Waals surface area contributed by atoms with E-state index < -0.39 is 0 Å². The van der Waals surface area contributed by atoms with Gasteiger partial charge in [0.15, 0.2) is 0 Å².